The largest absolute Gasteiger partial charge is 0.389 e. The van der Waals surface area contributed by atoms with Gasteiger partial charge in [-0.15, -0.1) is 0 Å². The van der Waals surface area contributed by atoms with Crippen LogP contribution in [0.25, 0.3) is 0 Å². The fourth-order valence-corrected chi connectivity index (χ4v) is 1.91. The number of aromatic nitrogens is 1. The molecule has 17 heavy (non-hydrogen) atoms. The van der Waals surface area contributed by atoms with Gasteiger partial charge in [-0.05, 0) is 37.5 Å². The highest BCUT2D eigenvalue weighted by atomic mass is 16.5. The Hall–Kier alpha value is -1.13. The topological polar surface area (TPSA) is 45.6 Å². The molecule has 94 valence electrons. The predicted octanol–water partition coefficient (Wildman–Crippen LogP) is 1.75. The van der Waals surface area contributed by atoms with Crippen molar-refractivity contribution in [2.45, 2.75) is 31.9 Å². The standard InChI is InChI=1S/C13H20N2O2/c1-10(16)11-5-6-14-13(9-11)15(7-8-17-2)12-3-4-12/h5-6,9-10,12,16H,3-4,7-8H2,1-2H3. The second kappa shape index (κ2) is 5.47. The van der Waals surface area contributed by atoms with E-state index in [1.165, 1.54) is 12.8 Å². The lowest BCUT2D eigenvalue weighted by molar-refractivity contribution is 0.199. The molecule has 1 fully saturated rings. The molecular weight excluding hydrogens is 216 g/mol. The summed E-state index contributed by atoms with van der Waals surface area (Å²) in [6.45, 7) is 3.34. The minimum absolute atomic E-state index is 0.444. The molecule has 1 N–H and O–H groups in total. The van der Waals surface area contributed by atoms with Crippen LogP contribution in [0.5, 0.6) is 0 Å². The maximum Gasteiger partial charge on any atom is 0.129 e. The Morgan fingerprint density at radius 1 is 1.59 bits per heavy atom. The Labute approximate surface area is 102 Å². The summed E-state index contributed by atoms with van der Waals surface area (Å²) < 4.78 is 5.13. The number of anilines is 1. The molecule has 0 amide bonds. The molecular formula is C13H20N2O2. The SMILES string of the molecule is COCCN(c1cc(C(C)O)ccn1)C1CC1. The number of hydrogen-bond donors (Lipinski definition) is 1. The van der Waals surface area contributed by atoms with Crippen LogP contribution < -0.4 is 4.90 Å². The number of hydrogen-bond acceptors (Lipinski definition) is 4. The van der Waals surface area contributed by atoms with E-state index in [1.807, 2.05) is 12.1 Å². The fraction of sp³-hybridized carbons (Fsp3) is 0.615. The summed E-state index contributed by atoms with van der Waals surface area (Å²) in [5.41, 5.74) is 0.915. The van der Waals surface area contributed by atoms with Gasteiger partial charge in [-0.1, -0.05) is 0 Å². The lowest BCUT2D eigenvalue weighted by atomic mass is 10.1. The maximum atomic E-state index is 9.59. The predicted molar refractivity (Wildman–Crippen MR) is 67.1 cm³/mol. The minimum Gasteiger partial charge on any atom is -0.389 e. The van der Waals surface area contributed by atoms with E-state index in [0.717, 1.165) is 17.9 Å². The van der Waals surface area contributed by atoms with Gasteiger partial charge in [0.05, 0.1) is 12.7 Å². The van der Waals surface area contributed by atoms with Gasteiger partial charge in [-0.3, -0.25) is 0 Å². The van der Waals surface area contributed by atoms with E-state index >= 15 is 0 Å². The summed E-state index contributed by atoms with van der Waals surface area (Å²) in [5.74, 6) is 0.947. The Balaban J connectivity index is 2.14. The van der Waals surface area contributed by atoms with Crippen molar-refractivity contribution < 1.29 is 9.84 Å². The number of aliphatic hydroxyl groups is 1. The molecule has 1 aromatic heterocycles. The number of rotatable bonds is 6. The second-order valence-electron chi connectivity index (χ2n) is 4.54. The quantitative estimate of drug-likeness (QED) is 0.817. The molecule has 0 radical (unpaired) electrons. The molecule has 1 aromatic rings. The highest BCUT2D eigenvalue weighted by molar-refractivity contribution is 5.44. The molecule has 0 aromatic carbocycles. The van der Waals surface area contributed by atoms with Crippen LogP contribution in [0.4, 0.5) is 5.82 Å². The third-order valence-corrected chi connectivity index (χ3v) is 3.07. The first-order valence-corrected chi connectivity index (χ1v) is 6.12. The van der Waals surface area contributed by atoms with E-state index in [-0.39, 0.29) is 0 Å². The van der Waals surface area contributed by atoms with Gasteiger partial charge >= 0.3 is 0 Å². The smallest absolute Gasteiger partial charge is 0.129 e. The molecule has 1 saturated carbocycles. The molecule has 0 saturated heterocycles. The van der Waals surface area contributed by atoms with Crippen LogP contribution in [0.15, 0.2) is 18.3 Å². The second-order valence-corrected chi connectivity index (χ2v) is 4.54. The van der Waals surface area contributed by atoms with Gasteiger partial charge in [0, 0.05) is 25.9 Å². The summed E-state index contributed by atoms with van der Waals surface area (Å²) in [4.78, 5) is 6.67. The van der Waals surface area contributed by atoms with E-state index in [9.17, 15) is 5.11 Å². The first kappa shape index (κ1) is 12.3. The molecule has 1 unspecified atom stereocenters. The molecule has 0 spiro atoms. The van der Waals surface area contributed by atoms with Crippen molar-refractivity contribution in [2.24, 2.45) is 0 Å². The minimum atomic E-state index is -0.444. The van der Waals surface area contributed by atoms with Crippen LogP contribution >= 0.6 is 0 Å². The lowest BCUT2D eigenvalue weighted by Crippen LogP contribution is -2.30. The first-order chi connectivity index (χ1) is 8.22. The molecule has 4 nitrogen and oxygen atoms in total. The van der Waals surface area contributed by atoms with E-state index in [4.69, 9.17) is 4.74 Å². The Morgan fingerprint density at radius 3 is 2.94 bits per heavy atom. The molecule has 1 aliphatic rings. The van der Waals surface area contributed by atoms with Gasteiger partial charge < -0.3 is 14.7 Å². The summed E-state index contributed by atoms with van der Waals surface area (Å²) in [5, 5.41) is 9.59. The number of pyridine rings is 1. The maximum absolute atomic E-state index is 9.59. The van der Waals surface area contributed by atoms with Crippen molar-refractivity contribution >= 4 is 5.82 Å². The van der Waals surface area contributed by atoms with Gasteiger partial charge in [-0.25, -0.2) is 4.98 Å². The van der Waals surface area contributed by atoms with Crippen LogP contribution in [0.1, 0.15) is 31.4 Å². The third-order valence-electron chi connectivity index (χ3n) is 3.07. The van der Waals surface area contributed by atoms with Crippen molar-refractivity contribution in [3.63, 3.8) is 0 Å². The summed E-state index contributed by atoms with van der Waals surface area (Å²) in [6.07, 6.45) is 3.77. The van der Waals surface area contributed by atoms with E-state index in [1.54, 1.807) is 20.2 Å². The average molecular weight is 236 g/mol. The van der Waals surface area contributed by atoms with Crippen molar-refractivity contribution in [1.82, 2.24) is 4.98 Å². The van der Waals surface area contributed by atoms with Gasteiger partial charge in [0.15, 0.2) is 0 Å². The molecule has 0 aliphatic heterocycles. The zero-order chi connectivity index (χ0) is 12.3. The lowest BCUT2D eigenvalue weighted by Gasteiger charge is -2.23. The fourth-order valence-electron chi connectivity index (χ4n) is 1.91. The van der Waals surface area contributed by atoms with Gasteiger partial charge in [-0.2, -0.15) is 0 Å². The summed E-state index contributed by atoms with van der Waals surface area (Å²) in [6, 6.07) is 4.43. The number of aliphatic hydroxyl groups excluding tert-OH is 1. The van der Waals surface area contributed by atoms with Crippen molar-refractivity contribution in [3.05, 3.63) is 23.9 Å². The number of nitrogens with zero attached hydrogens (tertiary/aromatic N) is 2. The van der Waals surface area contributed by atoms with Crippen molar-refractivity contribution in [3.8, 4) is 0 Å². The van der Waals surface area contributed by atoms with Crippen LogP contribution in [0.3, 0.4) is 0 Å². The van der Waals surface area contributed by atoms with Crippen LogP contribution in [-0.2, 0) is 4.74 Å². The molecule has 4 heteroatoms. The molecule has 0 bridgehead atoms. The van der Waals surface area contributed by atoms with Gasteiger partial charge in [0.1, 0.15) is 5.82 Å². The molecule has 1 aliphatic carbocycles. The summed E-state index contributed by atoms with van der Waals surface area (Å²) in [7, 11) is 1.71. The number of methoxy groups -OCH3 is 1. The average Bonchev–Trinajstić information content (AvgIpc) is 3.14. The normalized spacial score (nSPS) is 16.9. The van der Waals surface area contributed by atoms with E-state index in [2.05, 4.69) is 9.88 Å². The van der Waals surface area contributed by atoms with Crippen LogP contribution in [-0.4, -0.2) is 36.4 Å². The van der Waals surface area contributed by atoms with Crippen LogP contribution in [0.2, 0.25) is 0 Å². The highest BCUT2D eigenvalue weighted by Crippen LogP contribution is 2.31. The van der Waals surface area contributed by atoms with Crippen molar-refractivity contribution in [2.75, 3.05) is 25.2 Å². The first-order valence-electron chi connectivity index (χ1n) is 6.12. The van der Waals surface area contributed by atoms with Gasteiger partial charge in [0.2, 0.25) is 0 Å². The van der Waals surface area contributed by atoms with E-state index in [0.29, 0.717) is 12.6 Å². The molecule has 2 rings (SSSR count). The Kier molecular flexibility index (Phi) is 3.97. The summed E-state index contributed by atoms with van der Waals surface area (Å²) >= 11 is 0. The molecule has 1 atom stereocenters. The molecule has 1 heterocycles. The third kappa shape index (κ3) is 3.17. The van der Waals surface area contributed by atoms with Crippen molar-refractivity contribution in [1.29, 1.82) is 0 Å². The van der Waals surface area contributed by atoms with Gasteiger partial charge in [0.25, 0.3) is 0 Å². The Morgan fingerprint density at radius 2 is 2.35 bits per heavy atom. The highest BCUT2D eigenvalue weighted by Gasteiger charge is 2.29. The van der Waals surface area contributed by atoms with Crippen LogP contribution in [0, 0.1) is 0 Å². The Bertz CT molecular complexity index is 364. The monoisotopic (exact) mass is 236 g/mol. The van der Waals surface area contributed by atoms with E-state index < -0.39 is 6.10 Å². The zero-order valence-electron chi connectivity index (χ0n) is 10.5. The number of ether oxygens (including phenoxy) is 1. The zero-order valence-corrected chi connectivity index (χ0v) is 10.5.